The van der Waals surface area contributed by atoms with Crippen molar-refractivity contribution in [2.24, 2.45) is 5.92 Å². The Morgan fingerprint density at radius 1 is 1.25 bits per heavy atom. The van der Waals surface area contributed by atoms with E-state index in [9.17, 15) is 14.7 Å². The van der Waals surface area contributed by atoms with Crippen LogP contribution in [0.3, 0.4) is 0 Å². The highest BCUT2D eigenvalue weighted by molar-refractivity contribution is 9.10. The van der Waals surface area contributed by atoms with Gasteiger partial charge in [0.25, 0.3) is 0 Å². The number of carboxylic acids is 1. The van der Waals surface area contributed by atoms with E-state index in [1.807, 2.05) is 6.07 Å². The minimum atomic E-state index is -1.13. The van der Waals surface area contributed by atoms with Gasteiger partial charge in [-0.2, -0.15) is 5.26 Å². The van der Waals surface area contributed by atoms with Crippen molar-refractivity contribution >= 4 is 33.7 Å². The number of carbonyl (C=O) groups is 2. The molecular weight excluding hydrogens is 428 g/mol. The topological polar surface area (TPSA) is 120 Å². The molecule has 2 aromatic carbocycles. The molecule has 7 nitrogen and oxygen atoms in total. The van der Waals surface area contributed by atoms with Gasteiger partial charge in [-0.1, -0.05) is 28.9 Å². The fraction of sp³-hybridized carbons (Fsp3) is 0.150. The summed E-state index contributed by atoms with van der Waals surface area (Å²) in [5, 5.41) is 30.4. The van der Waals surface area contributed by atoms with Crippen molar-refractivity contribution in [2.45, 2.75) is 13.0 Å². The molecule has 0 aromatic heterocycles. The Bertz CT molecular complexity index is 935. The van der Waals surface area contributed by atoms with Crippen LogP contribution in [0.1, 0.15) is 24.2 Å². The van der Waals surface area contributed by atoms with E-state index in [2.05, 4.69) is 21.2 Å². The minimum Gasteiger partial charge on any atom is -0.508 e. The van der Waals surface area contributed by atoms with Crippen LogP contribution in [-0.4, -0.2) is 22.3 Å². The van der Waals surface area contributed by atoms with E-state index in [1.165, 1.54) is 12.1 Å². The number of halogens is 1. The third kappa shape index (κ3) is 5.86. The Kier molecular flexibility index (Phi) is 7.18. The molecule has 0 bridgehead atoms. The highest BCUT2D eigenvalue weighted by Crippen LogP contribution is 2.35. The van der Waals surface area contributed by atoms with Crippen molar-refractivity contribution in [1.29, 1.82) is 5.26 Å². The summed E-state index contributed by atoms with van der Waals surface area (Å²) in [6.45, 7) is 1.67. The molecule has 0 heterocycles. The Morgan fingerprint density at radius 3 is 2.54 bits per heavy atom. The van der Waals surface area contributed by atoms with Gasteiger partial charge in [0.05, 0.1) is 11.6 Å². The fourth-order valence-electron chi connectivity index (χ4n) is 2.43. The van der Waals surface area contributed by atoms with Gasteiger partial charge in [0.1, 0.15) is 11.9 Å². The van der Waals surface area contributed by atoms with E-state index < -0.39 is 24.1 Å². The molecule has 0 fully saturated rings. The zero-order chi connectivity index (χ0) is 20.7. The average Bonchev–Trinajstić information content (AvgIpc) is 2.67. The highest BCUT2D eigenvalue weighted by atomic mass is 79.9. The number of hydrogen-bond acceptors (Lipinski definition) is 5. The first-order valence-electron chi connectivity index (χ1n) is 8.17. The quantitative estimate of drug-likeness (QED) is 0.560. The van der Waals surface area contributed by atoms with Crippen molar-refractivity contribution in [3.63, 3.8) is 0 Å². The number of anilines is 1. The summed E-state index contributed by atoms with van der Waals surface area (Å²) >= 11 is 3.30. The summed E-state index contributed by atoms with van der Waals surface area (Å²) in [5.74, 6) is -1.76. The Labute approximate surface area is 170 Å². The van der Waals surface area contributed by atoms with Gasteiger partial charge in [-0.3, -0.25) is 5.32 Å². The summed E-state index contributed by atoms with van der Waals surface area (Å²) in [6, 6.07) is 12.9. The lowest BCUT2D eigenvalue weighted by atomic mass is 9.96. The first kappa shape index (κ1) is 21.0. The number of nitriles is 1. The van der Waals surface area contributed by atoms with Crippen LogP contribution in [-0.2, 0) is 9.53 Å². The number of ether oxygens (including phenoxy) is 1. The zero-order valence-corrected chi connectivity index (χ0v) is 16.4. The van der Waals surface area contributed by atoms with Crippen LogP contribution in [0, 0.1) is 17.2 Å². The maximum atomic E-state index is 12.4. The van der Waals surface area contributed by atoms with Crippen LogP contribution in [0.4, 0.5) is 10.5 Å². The van der Waals surface area contributed by atoms with Gasteiger partial charge in [0.15, 0.2) is 0 Å². The number of aliphatic carboxylic acids is 1. The van der Waals surface area contributed by atoms with Crippen molar-refractivity contribution in [2.75, 3.05) is 5.32 Å². The normalized spacial score (nSPS) is 12.8. The lowest BCUT2D eigenvalue weighted by molar-refractivity contribution is -0.131. The van der Waals surface area contributed by atoms with Crippen molar-refractivity contribution in [3.05, 3.63) is 70.2 Å². The molecule has 0 aliphatic heterocycles. The van der Waals surface area contributed by atoms with Gasteiger partial charge < -0.3 is 14.9 Å². The van der Waals surface area contributed by atoms with E-state index in [4.69, 9.17) is 15.1 Å². The van der Waals surface area contributed by atoms with Gasteiger partial charge >= 0.3 is 12.1 Å². The summed E-state index contributed by atoms with van der Waals surface area (Å²) in [5.41, 5.74) is 1.20. The molecule has 0 aliphatic rings. The monoisotopic (exact) mass is 444 g/mol. The third-order valence-electron chi connectivity index (χ3n) is 3.81. The number of rotatable bonds is 6. The Hall–Kier alpha value is -3.31. The van der Waals surface area contributed by atoms with Gasteiger partial charge in [-0.05, 0) is 42.5 Å². The van der Waals surface area contributed by atoms with E-state index in [0.29, 0.717) is 21.3 Å². The number of hydrogen-bond donors (Lipinski definition) is 3. The summed E-state index contributed by atoms with van der Waals surface area (Å²) in [6.07, 6.45) is 0.604. The second-order valence-electron chi connectivity index (χ2n) is 5.90. The maximum absolute atomic E-state index is 12.4. The molecule has 28 heavy (non-hydrogen) atoms. The fourth-order valence-corrected chi connectivity index (χ4v) is 2.81. The lowest BCUT2D eigenvalue weighted by Gasteiger charge is -2.23. The molecule has 144 valence electrons. The number of nitrogens with zero attached hydrogens (tertiary/aromatic N) is 1. The van der Waals surface area contributed by atoms with Crippen molar-refractivity contribution in [3.8, 4) is 11.8 Å². The Balaban J connectivity index is 2.25. The number of phenolic OH excluding ortho intramolecular Hbond substituents is 1. The molecule has 0 unspecified atom stereocenters. The predicted octanol–water partition coefficient (Wildman–Crippen LogP) is 4.59. The van der Waals surface area contributed by atoms with E-state index in [-0.39, 0.29) is 5.75 Å². The second-order valence-corrected chi connectivity index (χ2v) is 6.82. The summed E-state index contributed by atoms with van der Waals surface area (Å²) in [4.78, 5) is 23.2. The van der Waals surface area contributed by atoms with Crippen LogP contribution < -0.4 is 5.32 Å². The number of nitrogens with one attached hydrogen (secondary N) is 1. The molecule has 2 aromatic rings. The van der Waals surface area contributed by atoms with E-state index in [0.717, 1.165) is 6.08 Å². The van der Waals surface area contributed by atoms with Crippen LogP contribution in [0.5, 0.6) is 5.75 Å². The third-order valence-corrected chi connectivity index (χ3v) is 4.30. The number of phenols is 1. The standard InChI is InChI=1S/C20H17BrN2O5/c1-12(2-9-18(25)26)19(16-10-14(21)5-8-17(16)24)28-20(27)23-15-6-3-13(11-22)4-7-15/h2-10,12,19,24H,1H3,(H,23,27)(H,25,26)/b9-2+/t12-,19-/m0/s1. The summed E-state index contributed by atoms with van der Waals surface area (Å²) in [7, 11) is 0. The molecule has 0 saturated carbocycles. The zero-order valence-electron chi connectivity index (χ0n) is 14.8. The first-order chi connectivity index (χ1) is 13.3. The smallest absolute Gasteiger partial charge is 0.412 e. The van der Waals surface area contributed by atoms with E-state index >= 15 is 0 Å². The van der Waals surface area contributed by atoms with Crippen LogP contribution >= 0.6 is 15.9 Å². The molecule has 2 rings (SSSR count). The lowest BCUT2D eigenvalue weighted by Crippen LogP contribution is -2.21. The molecule has 0 saturated heterocycles. The van der Waals surface area contributed by atoms with Gasteiger partial charge in [-0.25, -0.2) is 9.59 Å². The SMILES string of the molecule is C[C@@H](/C=C/C(=O)O)[C@H](OC(=O)Nc1ccc(C#N)cc1)c1cc(Br)ccc1O. The molecule has 8 heteroatoms. The number of amides is 1. The minimum absolute atomic E-state index is 0.0880. The van der Waals surface area contributed by atoms with Gasteiger partial charge in [-0.15, -0.1) is 0 Å². The maximum Gasteiger partial charge on any atom is 0.412 e. The van der Waals surface area contributed by atoms with Crippen LogP contribution in [0.2, 0.25) is 0 Å². The van der Waals surface area contributed by atoms with Crippen LogP contribution in [0.25, 0.3) is 0 Å². The molecule has 2 atom stereocenters. The van der Waals surface area contributed by atoms with Gasteiger partial charge in [0, 0.05) is 27.7 Å². The molecular formula is C20H17BrN2O5. The van der Waals surface area contributed by atoms with Crippen molar-refractivity contribution < 1.29 is 24.5 Å². The number of benzene rings is 2. The second kappa shape index (κ2) is 9.58. The van der Waals surface area contributed by atoms with E-state index in [1.54, 1.807) is 43.3 Å². The number of carbonyl (C=O) groups excluding carboxylic acids is 1. The van der Waals surface area contributed by atoms with Crippen molar-refractivity contribution in [1.82, 2.24) is 0 Å². The average molecular weight is 445 g/mol. The van der Waals surface area contributed by atoms with Gasteiger partial charge in [0.2, 0.25) is 0 Å². The Morgan fingerprint density at radius 2 is 1.93 bits per heavy atom. The first-order valence-corrected chi connectivity index (χ1v) is 8.96. The number of carboxylic acid groups (broad SMARTS) is 1. The highest BCUT2D eigenvalue weighted by Gasteiger charge is 2.25. The molecule has 0 aliphatic carbocycles. The molecule has 0 spiro atoms. The largest absolute Gasteiger partial charge is 0.508 e. The number of aromatic hydroxyl groups is 1. The predicted molar refractivity (Wildman–Crippen MR) is 106 cm³/mol. The molecule has 3 N–H and O–H groups in total. The molecule has 1 amide bonds. The van der Waals surface area contributed by atoms with Crippen LogP contribution in [0.15, 0.2) is 59.1 Å². The summed E-state index contributed by atoms with van der Waals surface area (Å²) < 4.78 is 6.15. The molecule has 0 radical (unpaired) electrons.